The van der Waals surface area contributed by atoms with Crippen LogP contribution < -0.4 is 5.32 Å². The van der Waals surface area contributed by atoms with Crippen molar-refractivity contribution in [1.82, 2.24) is 5.32 Å². The van der Waals surface area contributed by atoms with E-state index in [0.717, 1.165) is 19.4 Å². The molecule has 3 rings (SSSR count). The van der Waals surface area contributed by atoms with Crippen LogP contribution in [0.4, 0.5) is 0 Å². The van der Waals surface area contributed by atoms with Crippen molar-refractivity contribution < 1.29 is 9.90 Å². The summed E-state index contributed by atoms with van der Waals surface area (Å²) in [7, 11) is 0. The molecule has 11 heavy (non-hydrogen) atoms. The second-order valence-electron chi connectivity index (χ2n) is 3.91. The molecule has 62 valence electrons. The Labute approximate surface area is 65.8 Å². The molecule has 1 aliphatic carbocycles. The fourth-order valence-corrected chi connectivity index (χ4v) is 2.30. The zero-order valence-electron chi connectivity index (χ0n) is 6.47. The van der Waals surface area contributed by atoms with Crippen LogP contribution in [-0.4, -0.2) is 24.2 Å². The maximum absolute atomic E-state index is 11.1. The average Bonchev–Trinajstić information content (AvgIpc) is 2.15. The predicted octanol–water partition coefficient (Wildman–Crippen LogP) is -0.105. The monoisotopic (exact) mass is 155 g/mol. The van der Waals surface area contributed by atoms with E-state index in [2.05, 4.69) is 5.32 Å². The molecule has 2 heterocycles. The molecular weight excluding hydrogens is 142 g/mol. The molecule has 0 unspecified atom stereocenters. The maximum Gasteiger partial charge on any atom is 0.220 e. The lowest BCUT2D eigenvalue weighted by molar-refractivity contribution is -0.124. The van der Waals surface area contributed by atoms with E-state index in [1.807, 2.05) is 0 Å². The smallest absolute Gasteiger partial charge is 0.220 e. The molecule has 3 heteroatoms. The van der Waals surface area contributed by atoms with Crippen molar-refractivity contribution in [1.29, 1.82) is 0 Å². The second kappa shape index (κ2) is 2.21. The Kier molecular flexibility index (Phi) is 1.42. The second-order valence-corrected chi connectivity index (χ2v) is 3.91. The summed E-state index contributed by atoms with van der Waals surface area (Å²) in [6.07, 6.45) is 2.59. The topological polar surface area (TPSA) is 49.3 Å². The molecule has 2 saturated heterocycles. The highest BCUT2D eigenvalue weighted by Gasteiger charge is 2.47. The van der Waals surface area contributed by atoms with Crippen molar-refractivity contribution in [2.45, 2.75) is 19.3 Å². The zero-order valence-corrected chi connectivity index (χ0v) is 6.47. The molecular formula is C8H13NO2. The van der Waals surface area contributed by atoms with Crippen LogP contribution in [0, 0.1) is 11.3 Å². The van der Waals surface area contributed by atoms with Crippen LogP contribution in [0.3, 0.4) is 0 Å². The largest absolute Gasteiger partial charge is 0.396 e. The van der Waals surface area contributed by atoms with Gasteiger partial charge in [0.2, 0.25) is 5.91 Å². The van der Waals surface area contributed by atoms with Crippen LogP contribution in [0.5, 0.6) is 0 Å². The minimum Gasteiger partial charge on any atom is -0.396 e. The first-order chi connectivity index (χ1) is 5.24. The maximum atomic E-state index is 11.1. The fraction of sp³-hybridized carbons (Fsp3) is 0.875. The molecule has 0 aromatic carbocycles. The van der Waals surface area contributed by atoms with Crippen molar-refractivity contribution in [2.24, 2.45) is 11.3 Å². The number of aliphatic hydroxyl groups excluding tert-OH is 1. The molecule has 0 spiro atoms. The third-order valence-electron chi connectivity index (χ3n) is 2.90. The molecule has 2 N–H and O–H groups in total. The van der Waals surface area contributed by atoms with Gasteiger partial charge in [0.25, 0.3) is 0 Å². The van der Waals surface area contributed by atoms with Crippen molar-refractivity contribution >= 4 is 5.91 Å². The number of hydrogen-bond donors (Lipinski definition) is 2. The van der Waals surface area contributed by atoms with Crippen LogP contribution >= 0.6 is 0 Å². The summed E-state index contributed by atoms with van der Waals surface area (Å²) < 4.78 is 0. The fourth-order valence-electron chi connectivity index (χ4n) is 2.30. The van der Waals surface area contributed by atoms with Gasteiger partial charge in [-0.2, -0.15) is 0 Å². The number of rotatable bonds is 1. The van der Waals surface area contributed by atoms with Gasteiger partial charge in [-0.05, 0) is 18.8 Å². The number of nitrogens with one attached hydrogen (secondary N) is 1. The lowest BCUT2D eigenvalue weighted by Crippen LogP contribution is -2.40. The van der Waals surface area contributed by atoms with Gasteiger partial charge in [0.1, 0.15) is 0 Å². The van der Waals surface area contributed by atoms with Gasteiger partial charge in [-0.15, -0.1) is 0 Å². The number of amides is 1. The van der Waals surface area contributed by atoms with E-state index < -0.39 is 0 Å². The van der Waals surface area contributed by atoms with E-state index in [1.165, 1.54) is 0 Å². The van der Waals surface area contributed by atoms with E-state index in [-0.39, 0.29) is 17.9 Å². The summed E-state index contributed by atoms with van der Waals surface area (Å²) in [5, 5.41) is 11.9. The van der Waals surface area contributed by atoms with Crippen LogP contribution in [-0.2, 0) is 4.79 Å². The lowest BCUT2D eigenvalue weighted by atomic mass is 9.61. The molecule has 2 bridgehead atoms. The van der Waals surface area contributed by atoms with Crippen molar-refractivity contribution in [2.75, 3.05) is 13.2 Å². The summed E-state index contributed by atoms with van der Waals surface area (Å²) in [6, 6.07) is 0. The van der Waals surface area contributed by atoms with E-state index in [0.29, 0.717) is 12.3 Å². The Bertz CT molecular complexity index is 185. The molecule has 1 amide bonds. The number of carbonyl (C=O) groups is 1. The molecule has 3 aliphatic rings. The molecule has 0 aromatic rings. The molecule has 0 aromatic heterocycles. The number of fused-ring (bicyclic) bond motifs is 3. The molecule has 3 nitrogen and oxygen atoms in total. The van der Waals surface area contributed by atoms with Crippen molar-refractivity contribution in [3.63, 3.8) is 0 Å². The molecule has 2 aliphatic heterocycles. The molecule has 0 radical (unpaired) electrons. The van der Waals surface area contributed by atoms with E-state index in [9.17, 15) is 4.79 Å². The van der Waals surface area contributed by atoms with Gasteiger partial charge in [-0.25, -0.2) is 0 Å². The highest BCUT2D eigenvalue weighted by atomic mass is 16.3. The molecule has 0 atom stereocenters. The van der Waals surface area contributed by atoms with Crippen LogP contribution in [0.15, 0.2) is 0 Å². The van der Waals surface area contributed by atoms with Crippen LogP contribution in [0.2, 0.25) is 0 Å². The third kappa shape index (κ3) is 1.03. The average molecular weight is 155 g/mol. The van der Waals surface area contributed by atoms with Gasteiger partial charge in [0, 0.05) is 25.0 Å². The Balaban J connectivity index is 2.10. The van der Waals surface area contributed by atoms with Gasteiger partial charge in [-0.3, -0.25) is 4.79 Å². The number of carbonyl (C=O) groups excluding carboxylic acids is 1. The van der Waals surface area contributed by atoms with Crippen LogP contribution in [0.25, 0.3) is 0 Å². The first-order valence-corrected chi connectivity index (χ1v) is 4.12. The van der Waals surface area contributed by atoms with Gasteiger partial charge < -0.3 is 10.4 Å². The summed E-state index contributed by atoms with van der Waals surface area (Å²) in [5.41, 5.74) is -0.0365. The predicted molar refractivity (Wildman–Crippen MR) is 39.9 cm³/mol. The van der Waals surface area contributed by atoms with Gasteiger partial charge in [-0.1, -0.05) is 0 Å². The Hall–Kier alpha value is -0.570. The highest BCUT2D eigenvalue weighted by Crippen LogP contribution is 2.48. The number of hydrogen-bond acceptors (Lipinski definition) is 2. The third-order valence-corrected chi connectivity index (χ3v) is 2.90. The highest BCUT2D eigenvalue weighted by molar-refractivity contribution is 5.77. The molecule has 1 saturated carbocycles. The molecule has 3 fully saturated rings. The van der Waals surface area contributed by atoms with Gasteiger partial charge in [0.15, 0.2) is 0 Å². The van der Waals surface area contributed by atoms with Crippen molar-refractivity contribution in [3.8, 4) is 0 Å². The van der Waals surface area contributed by atoms with E-state index in [1.54, 1.807) is 0 Å². The van der Waals surface area contributed by atoms with Gasteiger partial charge in [0.05, 0.1) is 0 Å². The summed E-state index contributed by atoms with van der Waals surface area (Å²) in [6.45, 7) is 0.998. The Morgan fingerprint density at radius 3 is 3.00 bits per heavy atom. The first kappa shape index (κ1) is 7.10. The van der Waals surface area contributed by atoms with Crippen molar-refractivity contribution in [3.05, 3.63) is 0 Å². The van der Waals surface area contributed by atoms with Gasteiger partial charge >= 0.3 is 0 Å². The number of aliphatic hydroxyl groups is 1. The van der Waals surface area contributed by atoms with Crippen LogP contribution in [0.1, 0.15) is 19.3 Å². The Morgan fingerprint density at radius 1 is 1.64 bits per heavy atom. The standard InChI is InChI=1S/C8H13NO2/c10-5-8-1-6(2-8)4-9-7(11)3-8/h6,10H,1-5H2,(H,9,11). The van der Waals surface area contributed by atoms with E-state index >= 15 is 0 Å². The van der Waals surface area contributed by atoms with E-state index in [4.69, 9.17) is 5.11 Å². The normalized spacial score (nSPS) is 42.3. The summed E-state index contributed by atoms with van der Waals surface area (Å²) >= 11 is 0. The SMILES string of the molecule is O=C1CC2(CO)CC(CN1)C2. The summed E-state index contributed by atoms with van der Waals surface area (Å²) in [5.74, 6) is 0.743. The lowest BCUT2D eigenvalue weighted by Gasteiger charge is -2.43. The first-order valence-electron chi connectivity index (χ1n) is 4.12. The quantitative estimate of drug-likeness (QED) is 0.555. The zero-order chi connectivity index (χ0) is 7.90. The minimum atomic E-state index is -0.0365. The minimum absolute atomic E-state index is 0.0365. The Morgan fingerprint density at radius 2 is 2.36 bits per heavy atom. The summed E-state index contributed by atoms with van der Waals surface area (Å²) in [4.78, 5) is 11.1.